The molecule has 0 saturated carbocycles. The number of aryl methyl sites for hydroxylation is 1. The highest BCUT2D eigenvalue weighted by atomic mass is 16.6. The molecule has 2 aliphatic carbocycles. The summed E-state index contributed by atoms with van der Waals surface area (Å²) in [6.07, 6.45) is 5.21. The minimum absolute atomic E-state index is 0.0957. The van der Waals surface area contributed by atoms with E-state index in [4.69, 9.17) is 18.9 Å². The molecule has 0 heterocycles. The van der Waals surface area contributed by atoms with Crippen molar-refractivity contribution in [1.29, 1.82) is 0 Å². The number of allylic oxidation sites excluding steroid dienone is 2. The van der Waals surface area contributed by atoms with Gasteiger partial charge < -0.3 is 34.9 Å². The Hall–Kier alpha value is -7.92. The molecule has 0 fully saturated rings. The minimum Gasteiger partial charge on any atom is -0.495 e. The average Bonchev–Trinajstić information content (AvgIpc) is 3.82. The maximum Gasteiger partial charge on any atom is 0.407 e. The highest BCUT2D eigenvalue weighted by Crippen LogP contribution is 2.45. The molecule has 0 aromatic heterocycles. The Balaban J connectivity index is 0.856. The number of ether oxygens (including phenoxy) is 4. The van der Waals surface area contributed by atoms with Crippen LogP contribution in [-0.4, -0.2) is 57.5 Å². The third-order valence-electron chi connectivity index (χ3n) is 11.8. The average molecular weight is 882 g/mol. The van der Waals surface area contributed by atoms with Crippen LogP contribution in [0.15, 0.2) is 139 Å². The van der Waals surface area contributed by atoms with E-state index in [1.807, 2.05) is 112 Å². The van der Waals surface area contributed by atoms with E-state index in [2.05, 4.69) is 46.3 Å². The number of methoxy groups -OCH3 is 1. The first kappa shape index (κ1) is 44.7. The summed E-state index contributed by atoms with van der Waals surface area (Å²) in [6.45, 7) is 5.61. The van der Waals surface area contributed by atoms with Gasteiger partial charge in [0.25, 0.3) is 0 Å². The predicted molar refractivity (Wildman–Crippen MR) is 257 cm³/mol. The Kier molecular flexibility index (Phi) is 13.7. The molecule has 6 aromatic carbocycles. The lowest BCUT2D eigenvalue weighted by Crippen LogP contribution is -2.34. The fraction of sp³-hybridized carbons (Fsp3) is 0.200. The molecule has 6 aromatic rings. The van der Waals surface area contributed by atoms with E-state index in [0.717, 1.165) is 72.3 Å². The van der Waals surface area contributed by atoms with Gasteiger partial charge in [0.15, 0.2) is 0 Å². The summed E-state index contributed by atoms with van der Waals surface area (Å²) >= 11 is 0. The molecule has 0 radical (unpaired) electrons. The van der Waals surface area contributed by atoms with Crippen molar-refractivity contribution in [2.75, 3.05) is 38.7 Å². The van der Waals surface area contributed by atoms with Gasteiger partial charge in [-0.15, -0.1) is 0 Å². The minimum atomic E-state index is -0.711. The third kappa shape index (κ3) is 10.2. The van der Waals surface area contributed by atoms with Crippen LogP contribution in [0, 0.1) is 6.92 Å². The smallest absolute Gasteiger partial charge is 0.407 e. The van der Waals surface area contributed by atoms with Crippen molar-refractivity contribution in [3.05, 3.63) is 184 Å². The normalized spacial score (nSPS) is 12.3. The lowest BCUT2D eigenvalue weighted by atomic mass is 9.96. The van der Waals surface area contributed by atoms with Crippen LogP contribution in [0.4, 0.5) is 15.3 Å². The van der Waals surface area contributed by atoms with Crippen molar-refractivity contribution in [3.8, 4) is 33.8 Å². The molecule has 11 heteroatoms. The van der Waals surface area contributed by atoms with Crippen LogP contribution in [0.25, 0.3) is 34.4 Å². The van der Waals surface area contributed by atoms with Gasteiger partial charge in [-0.1, -0.05) is 127 Å². The molecule has 0 saturated heterocycles. The van der Waals surface area contributed by atoms with E-state index in [9.17, 15) is 19.2 Å². The zero-order chi connectivity index (χ0) is 46.2. The number of amides is 3. The van der Waals surface area contributed by atoms with E-state index in [0.29, 0.717) is 23.6 Å². The van der Waals surface area contributed by atoms with Gasteiger partial charge >= 0.3 is 18.2 Å². The van der Waals surface area contributed by atoms with E-state index in [-0.39, 0.29) is 38.1 Å². The van der Waals surface area contributed by atoms with Crippen molar-refractivity contribution in [2.45, 2.75) is 39.0 Å². The number of benzene rings is 6. The van der Waals surface area contributed by atoms with Crippen LogP contribution in [0.2, 0.25) is 0 Å². The Morgan fingerprint density at radius 1 is 0.621 bits per heavy atom. The molecule has 0 atom stereocenters. The number of carbonyl (C=O) groups is 4. The fourth-order valence-electron chi connectivity index (χ4n) is 8.66. The number of carbonyl (C=O) groups excluding carboxylic acids is 4. The predicted octanol–water partition coefficient (Wildman–Crippen LogP) is 10.6. The van der Waals surface area contributed by atoms with Gasteiger partial charge in [0, 0.05) is 11.8 Å². The zero-order valence-electron chi connectivity index (χ0n) is 37.3. The molecule has 0 spiro atoms. The lowest BCUT2D eigenvalue weighted by molar-refractivity contribution is -0.133. The standard InChI is InChI=1S/C55H51N3O8/c1-34(2)21-25-39-35(3)27-38(66-53(60)31-57-55(62)65-33-49-46-19-11-7-15-42(46)43-16-8-12-20-47(43)49)29-37(39)24-22-36-23-26-50(51(28-36)63-4)58-52(59)30-56-54(61)64-32-48-44-17-9-5-13-40(44)41-14-6-10-18-45(41)48/h5-24,26-29,48-49H,25,30-33H2,1-4H3,(H,56,61)(H,57,62)(H,58,59)/b24-22+. The van der Waals surface area contributed by atoms with Crippen molar-refractivity contribution in [1.82, 2.24) is 10.6 Å². The largest absolute Gasteiger partial charge is 0.495 e. The molecule has 3 amide bonds. The number of anilines is 1. The molecule has 11 nitrogen and oxygen atoms in total. The fourth-order valence-corrected chi connectivity index (χ4v) is 8.66. The van der Waals surface area contributed by atoms with Crippen molar-refractivity contribution in [3.63, 3.8) is 0 Å². The summed E-state index contributed by atoms with van der Waals surface area (Å²) < 4.78 is 22.5. The first-order valence-electron chi connectivity index (χ1n) is 21.9. The summed E-state index contributed by atoms with van der Waals surface area (Å²) in [6, 6.07) is 41.3. The summed E-state index contributed by atoms with van der Waals surface area (Å²) in [4.78, 5) is 51.5. The van der Waals surface area contributed by atoms with Crippen LogP contribution >= 0.6 is 0 Å². The van der Waals surface area contributed by atoms with Crippen LogP contribution in [-0.2, 0) is 25.5 Å². The number of rotatable bonds is 15. The van der Waals surface area contributed by atoms with E-state index >= 15 is 0 Å². The third-order valence-corrected chi connectivity index (χ3v) is 11.8. The number of nitrogens with one attached hydrogen (secondary N) is 3. The SMILES string of the molecule is COc1cc(/C=C/c2cc(OC(=O)CNC(=O)OCC3c4ccccc4-c4ccccc43)cc(C)c2CC=C(C)C)ccc1NC(=O)CNC(=O)OCC1c2ccccc2-c2ccccc21. The Labute approximate surface area is 384 Å². The Morgan fingerprint density at radius 2 is 1.14 bits per heavy atom. The van der Waals surface area contributed by atoms with Gasteiger partial charge in [0.1, 0.15) is 37.8 Å². The molecule has 2 aliphatic rings. The summed E-state index contributed by atoms with van der Waals surface area (Å²) in [7, 11) is 1.51. The second-order valence-corrected chi connectivity index (χ2v) is 16.5. The molecule has 0 aliphatic heterocycles. The number of alkyl carbamates (subject to hydrolysis) is 2. The Bertz CT molecular complexity index is 2790. The topological polar surface area (TPSA) is 141 Å². The number of hydrogen-bond donors (Lipinski definition) is 3. The molecular weight excluding hydrogens is 831 g/mol. The number of fused-ring (bicyclic) bond motifs is 6. The summed E-state index contributed by atoms with van der Waals surface area (Å²) in [5, 5.41) is 7.89. The molecule has 66 heavy (non-hydrogen) atoms. The maximum absolute atomic E-state index is 13.0. The van der Waals surface area contributed by atoms with Crippen LogP contribution in [0.5, 0.6) is 11.5 Å². The summed E-state index contributed by atoms with van der Waals surface area (Å²) in [5.41, 5.74) is 14.1. The van der Waals surface area contributed by atoms with Gasteiger partial charge in [0.05, 0.1) is 12.8 Å². The second kappa shape index (κ2) is 20.3. The second-order valence-electron chi connectivity index (χ2n) is 16.5. The van der Waals surface area contributed by atoms with Gasteiger partial charge in [-0.3, -0.25) is 4.79 Å². The molecule has 0 bridgehead atoms. The van der Waals surface area contributed by atoms with Crippen LogP contribution in [0.3, 0.4) is 0 Å². The van der Waals surface area contributed by atoms with Crippen molar-refractivity contribution < 1.29 is 38.1 Å². The van der Waals surface area contributed by atoms with Crippen LogP contribution < -0.4 is 25.4 Å². The van der Waals surface area contributed by atoms with Gasteiger partial charge in [-0.25, -0.2) is 14.4 Å². The molecule has 0 unspecified atom stereocenters. The number of esters is 1. The molecule has 334 valence electrons. The van der Waals surface area contributed by atoms with E-state index in [1.54, 1.807) is 24.3 Å². The quantitative estimate of drug-likeness (QED) is 0.0401. The molecular formula is C55H51N3O8. The first-order valence-corrected chi connectivity index (χ1v) is 21.9. The first-order chi connectivity index (χ1) is 32.1. The Morgan fingerprint density at radius 3 is 1.65 bits per heavy atom. The maximum atomic E-state index is 13.0. The lowest BCUT2D eigenvalue weighted by Gasteiger charge is -2.15. The highest BCUT2D eigenvalue weighted by Gasteiger charge is 2.30. The zero-order valence-corrected chi connectivity index (χ0v) is 37.3. The molecule has 3 N–H and O–H groups in total. The highest BCUT2D eigenvalue weighted by molar-refractivity contribution is 5.95. The van der Waals surface area contributed by atoms with Gasteiger partial charge in [0.2, 0.25) is 5.91 Å². The number of hydrogen-bond acceptors (Lipinski definition) is 8. The molecule has 8 rings (SSSR count). The summed E-state index contributed by atoms with van der Waals surface area (Å²) in [5.74, 6) is -0.557. The van der Waals surface area contributed by atoms with Crippen molar-refractivity contribution in [2.24, 2.45) is 0 Å². The monoisotopic (exact) mass is 881 g/mol. The van der Waals surface area contributed by atoms with Gasteiger partial charge in [-0.05, 0) is 118 Å². The van der Waals surface area contributed by atoms with Crippen molar-refractivity contribution >= 4 is 41.9 Å². The van der Waals surface area contributed by atoms with E-state index in [1.165, 1.54) is 7.11 Å². The van der Waals surface area contributed by atoms with Crippen LogP contribution in [0.1, 0.15) is 70.2 Å². The van der Waals surface area contributed by atoms with E-state index < -0.39 is 24.1 Å². The van der Waals surface area contributed by atoms with Gasteiger partial charge in [-0.2, -0.15) is 0 Å².